The van der Waals surface area contributed by atoms with E-state index in [0.29, 0.717) is 11.8 Å². The molecule has 1 saturated carbocycles. The zero-order chi connectivity index (χ0) is 11.2. The minimum atomic E-state index is -0.911. The van der Waals surface area contributed by atoms with Crippen molar-refractivity contribution in [2.45, 2.75) is 33.1 Å². The summed E-state index contributed by atoms with van der Waals surface area (Å²) in [7, 11) is 0. The molecule has 2 N–H and O–H groups in total. The van der Waals surface area contributed by atoms with Crippen LogP contribution in [0.5, 0.6) is 0 Å². The Bertz CT molecular complexity index is 397. The molecule has 0 saturated heterocycles. The normalized spacial score (nSPS) is 29.9. The first-order valence-electron chi connectivity index (χ1n) is 5.50. The summed E-state index contributed by atoms with van der Waals surface area (Å²) in [5, 5.41) is 15.5. The summed E-state index contributed by atoms with van der Waals surface area (Å²) in [6, 6.07) is 0. The summed E-state index contributed by atoms with van der Waals surface area (Å²) < 4.78 is 0. The van der Waals surface area contributed by atoms with Crippen LogP contribution in [0.3, 0.4) is 0 Å². The number of aromatic amines is 1. The Morgan fingerprint density at radius 2 is 2.20 bits per heavy atom. The average Bonchev–Trinajstić information content (AvgIpc) is 2.64. The molecule has 0 aliphatic heterocycles. The number of carboxylic acids is 1. The second-order valence-corrected chi connectivity index (χ2v) is 4.02. The summed E-state index contributed by atoms with van der Waals surface area (Å²) in [6.45, 7) is 6.21. The molecular weight excluding hydrogens is 192 g/mol. The molecule has 82 valence electrons. The molecule has 0 aromatic carbocycles. The predicted octanol–water partition coefficient (Wildman–Crippen LogP) is 2.04. The Morgan fingerprint density at radius 3 is 2.80 bits per heavy atom. The fourth-order valence-electron chi connectivity index (χ4n) is 2.61. The van der Waals surface area contributed by atoms with Gasteiger partial charge in [-0.2, -0.15) is 5.10 Å². The molecule has 1 aromatic heterocycles. The zero-order valence-electron chi connectivity index (χ0n) is 9.24. The van der Waals surface area contributed by atoms with E-state index in [1.54, 1.807) is 0 Å². The van der Waals surface area contributed by atoms with Crippen molar-refractivity contribution in [3.8, 4) is 0 Å². The predicted molar refractivity (Wildman–Crippen MR) is 56.0 cm³/mol. The molecule has 0 bridgehead atoms. The Kier molecular flexibility index (Phi) is 2.29. The van der Waals surface area contributed by atoms with Crippen LogP contribution in [0.2, 0.25) is 0 Å². The van der Waals surface area contributed by atoms with E-state index in [9.17, 15) is 4.79 Å². The summed E-state index contributed by atoms with van der Waals surface area (Å²) in [5.74, 6) is 1.05. The second-order valence-electron chi connectivity index (χ2n) is 4.02. The fourth-order valence-corrected chi connectivity index (χ4v) is 2.61. The number of fused-ring (bicyclic) bond motifs is 3. The number of aromatic nitrogens is 2. The van der Waals surface area contributed by atoms with E-state index >= 15 is 0 Å². The third kappa shape index (κ3) is 1.28. The van der Waals surface area contributed by atoms with Gasteiger partial charge in [0.15, 0.2) is 5.69 Å². The van der Waals surface area contributed by atoms with Gasteiger partial charge in [0, 0.05) is 17.2 Å². The van der Waals surface area contributed by atoms with Crippen LogP contribution in [0.4, 0.5) is 0 Å². The van der Waals surface area contributed by atoms with Crippen LogP contribution < -0.4 is 0 Å². The number of aromatic carboxylic acids is 1. The highest BCUT2D eigenvalue weighted by molar-refractivity contribution is 5.87. The van der Waals surface area contributed by atoms with Gasteiger partial charge in [0.25, 0.3) is 0 Å². The molecule has 3 atom stereocenters. The van der Waals surface area contributed by atoms with Crippen LogP contribution in [-0.2, 0) is 6.42 Å². The first-order valence-corrected chi connectivity index (χ1v) is 5.50. The fraction of sp³-hybridized carbons (Fsp3) is 0.636. The maximum absolute atomic E-state index is 10.7. The molecule has 1 aromatic rings. The Balaban J connectivity index is 0.000000404. The van der Waals surface area contributed by atoms with Gasteiger partial charge in [-0.1, -0.05) is 20.8 Å². The van der Waals surface area contributed by atoms with E-state index in [-0.39, 0.29) is 5.69 Å². The number of carbonyl (C=O) groups is 1. The molecule has 2 aliphatic rings. The first-order chi connectivity index (χ1) is 7.20. The largest absolute Gasteiger partial charge is 0.476 e. The van der Waals surface area contributed by atoms with Crippen molar-refractivity contribution in [1.82, 2.24) is 10.2 Å². The number of H-pyrrole nitrogens is 1. The van der Waals surface area contributed by atoms with Gasteiger partial charge in [0.2, 0.25) is 0 Å². The van der Waals surface area contributed by atoms with Crippen molar-refractivity contribution in [3.05, 3.63) is 17.0 Å². The molecule has 3 rings (SSSR count). The smallest absolute Gasteiger partial charge is 0.356 e. The van der Waals surface area contributed by atoms with Gasteiger partial charge in [-0.3, -0.25) is 5.10 Å². The van der Waals surface area contributed by atoms with Gasteiger partial charge in [0.1, 0.15) is 0 Å². The van der Waals surface area contributed by atoms with Crippen molar-refractivity contribution in [3.63, 3.8) is 0 Å². The molecule has 0 radical (unpaired) electrons. The number of nitrogens with one attached hydrogen (secondary N) is 1. The standard InChI is InChI=1S/C9H10N2O2.C2H6/c1-3-4-2-5-7(6(3)4)10-11-8(5)9(12)13;1-2/h3-4,6H,2H2,1H3,(H,10,11)(H,12,13);1-2H3. The molecule has 0 amide bonds. The van der Waals surface area contributed by atoms with Gasteiger partial charge in [0.05, 0.1) is 0 Å². The molecule has 3 unspecified atom stereocenters. The minimum Gasteiger partial charge on any atom is -0.476 e. The lowest BCUT2D eigenvalue weighted by Crippen LogP contribution is -2.02. The maximum atomic E-state index is 10.7. The van der Waals surface area contributed by atoms with Gasteiger partial charge in [-0.05, 0) is 18.3 Å². The van der Waals surface area contributed by atoms with Gasteiger partial charge in [-0.25, -0.2) is 4.79 Å². The van der Waals surface area contributed by atoms with Crippen molar-refractivity contribution in [2.24, 2.45) is 11.8 Å². The van der Waals surface area contributed by atoms with E-state index in [0.717, 1.165) is 23.6 Å². The van der Waals surface area contributed by atoms with Crippen molar-refractivity contribution in [2.75, 3.05) is 0 Å². The lowest BCUT2D eigenvalue weighted by atomic mass is 10.1. The minimum absolute atomic E-state index is 0.231. The van der Waals surface area contributed by atoms with E-state index in [1.165, 1.54) is 0 Å². The molecule has 2 aliphatic carbocycles. The summed E-state index contributed by atoms with van der Waals surface area (Å²) >= 11 is 0. The van der Waals surface area contributed by atoms with Crippen LogP contribution in [0, 0.1) is 11.8 Å². The van der Waals surface area contributed by atoms with Crippen molar-refractivity contribution < 1.29 is 9.90 Å². The molecule has 4 heteroatoms. The highest BCUT2D eigenvalue weighted by Crippen LogP contribution is 2.60. The Morgan fingerprint density at radius 1 is 1.53 bits per heavy atom. The number of carboxylic acid groups (broad SMARTS) is 1. The lowest BCUT2D eigenvalue weighted by Gasteiger charge is -1.96. The second kappa shape index (κ2) is 3.36. The molecular formula is C11H16N2O2. The van der Waals surface area contributed by atoms with Gasteiger partial charge < -0.3 is 5.11 Å². The van der Waals surface area contributed by atoms with Crippen LogP contribution in [0.1, 0.15) is 48.4 Å². The summed E-state index contributed by atoms with van der Waals surface area (Å²) in [5.41, 5.74) is 2.25. The average molecular weight is 208 g/mol. The zero-order valence-corrected chi connectivity index (χ0v) is 9.24. The van der Waals surface area contributed by atoms with E-state index in [4.69, 9.17) is 5.11 Å². The van der Waals surface area contributed by atoms with Gasteiger partial charge >= 0.3 is 5.97 Å². The lowest BCUT2D eigenvalue weighted by molar-refractivity contribution is 0.0689. The summed E-state index contributed by atoms with van der Waals surface area (Å²) in [6.07, 6.45) is 0.902. The molecule has 1 heterocycles. The monoisotopic (exact) mass is 208 g/mol. The Labute approximate surface area is 88.7 Å². The third-order valence-electron chi connectivity index (χ3n) is 3.44. The van der Waals surface area contributed by atoms with Crippen LogP contribution in [0.25, 0.3) is 0 Å². The third-order valence-corrected chi connectivity index (χ3v) is 3.44. The number of hydrogen-bond donors (Lipinski definition) is 2. The number of hydrogen-bond acceptors (Lipinski definition) is 2. The van der Waals surface area contributed by atoms with Crippen LogP contribution in [-0.4, -0.2) is 21.3 Å². The Hall–Kier alpha value is -1.32. The van der Waals surface area contributed by atoms with Crippen LogP contribution in [0.15, 0.2) is 0 Å². The highest BCUT2D eigenvalue weighted by Gasteiger charge is 2.55. The number of rotatable bonds is 1. The SMILES string of the molecule is CC.CC1C2Cc3c(C(=O)O)n[nH]c3C12. The van der Waals surface area contributed by atoms with Crippen molar-refractivity contribution in [1.29, 1.82) is 0 Å². The molecule has 4 nitrogen and oxygen atoms in total. The summed E-state index contributed by atoms with van der Waals surface area (Å²) in [4.78, 5) is 10.7. The van der Waals surface area contributed by atoms with Crippen molar-refractivity contribution >= 4 is 5.97 Å². The molecule has 1 fully saturated rings. The van der Waals surface area contributed by atoms with Crippen LogP contribution >= 0.6 is 0 Å². The molecule has 15 heavy (non-hydrogen) atoms. The maximum Gasteiger partial charge on any atom is 0.356 e. The molecule has 0 spiro atoms. The topological polar surface area (TPSA) is 66.0 Å². The quantitative estimate of drug-likeness (QED) is 0.742. The highest BCUT2D eigenvalue weighted by atomic mass is 16.4. The van der Waals surface area contributed by atoms with Gasteiger partial charge in [-0.15, -0.1) is 0 Å². The van der Waals surface area contributed by atoms with E-state index in [1.807, 2.05) is 13.8 Å². The van der Waals surface area contributed by atoms with E-state index in [2.05, 4.69) is 17.1 Å². The van der Waals surface area contributed by atoms with E-state index < -0.39 is 5.97 Å². The number of nitrogens with zero attached hydrogens (tertiary/aromatic N) is 1. The first kappa shape index (κ1) is 10.2.